The van der Waals surface area contributed by atoms with E-state index in [1.54, 1.807) is 19.2 Å². The highest BCUT2D eigenvalue weighted by molar-refractivity contribution is 5.75. The molecule has 78 valence electrons. The average molecular weight is 197 g/mol. The van der Waals surface area contributed by atoms with E-state index in [2.05, 4.69) is 15.5 Å². The van der Waals surface area contributed by atoms with Gasteiger partial charge in [0.1, 0.15) is 0 Å². The van der Waals surface area contributed by atoms with Crippen LogP contribution in [-0.4, -0.2) is 27.3 Å². The van der Waals surface area contributed by atoms with Gasteiger partial charge in [0.05, 0.1) is 18.3 Å². The lowest BCUT2D eigenvalue weighted by molar-refractivity contribution is -0.121. The van der Waals surface area contributed by atoms with Crippen LogP contribution >= 0.6 is 0 Å². The van der Waals surface area contributed by atoms with Gasteiger partial charge in [-0.05, 0) is 19.4 Å². The second-order valence-electron chi connectivity index (χ2n) is 3.25. The van der Waals surface area contributed by atoms with Crippen LogP contribution in [0, 0.1) is 0 Å². The Morgan fingerprint density at radius 3 is 3.14 bits per heavy atom. The summed E-state index contributed by atoms with van der Waals surface area (Å²) >= 11 is 0. The van der Waals surface area contributed by atoms with Crippen molar-refractivity contribution in [1.82, 2.24) is 15.5 Å². The minimum Gasteiger partial charge on any atom is -0.393 e. The van der Waals surface area contributed by atoms with Gasteiger partial charge in [-0.25, -0.2) is 0 Å². The van der Waals surface area contributed by atoms with Crippen LogP contribution in [0.2, 0.25) is 0 Å². The molecule has 0 fully saturated rings. The van der Waals surface area contributed by atoms with Crippen molar-refractivity contribution in [3.05, 3.63) is 18.0 Å². The number of H-pyrrole nitrogens is 1. The molecule has 1 aromatic rings. The molecule has 5 heteroatoms. The Hall–Kier alpha value is -1.36. The number of carbonyl (C=O) groups is 1. The second kappa shape index (κ2) is 5.39. The number of aromatic amines is 1. The Morgan fingerprint density at radius 1 is 1.79 bits per heavy atom. The molecule has 0 aromatic carbocycles. The zero-order valence-corrected chi connectivity index (χ0v) is 8.16. The molecule has 0 bridgehead atoms. The van der Waals surface area contributed by atoms with Gasteiger partial charge in [-0.15, -0.1) is 0 Å². The molecule has 1 unspecified atom stereocenters. The molecular formula is C9H15N3O2. The number of aromatic nitrogens is 2. The lowest BCUT2D eigenvalue weighted by atomic mass is 10.2. The molecule has 0 aliphatic carbocycles. The first kappa shape index (κ1) is 10.7. The van der Waals surface area contributed by atoms with Gasteiger partial charge in [-0.2, -0.15) is 5.10 Å². The predicted molar refractivity (Wildman–Crippen MR) is 51.3 cm³/mol. The summed E-state index contributed by atoms with van der Waals surface area (Å²) in [7, 11) is 0. The summed E-state index contributed by atoms with van der Waals surface area (Å²) in [6.45, 7) is 2.13. The Kier molecular flexibility index (Phi) is 4.12. The van der Waals surface area contributed by atoms with E-state index < -0.39 is 6.10 Å². The molecule has 14 heavy (non-hydrogen) atoms. The number of amides is 1. The number of hydrogen-bond donors (Lipinski definition) is 3. The molecule has 0 aliphatic heterocycles. The Bertz CT molecular complexity index is 270. The van der Waals surface area contributed by atoms with Crippen LogP contribution in [0.25, 0.3) is 0 Å². The van der Waals surface area contributed by atoms with Crippen molar-refractivity contribution in [3.8, 4) is 0 Å². The molecule has 0 aliphatic rings. The molecule has 5 nitrogen and oxygen atoms in total. The number of carbonyl (C=O) groups excluding carboxylic acids is 1. The molecule has 3 N–H and O–H groups in total. The summed E-state index contributed by atoms with van der Waals surface area (Å²) in [6.07, 6.45) is 2.06. The van der Waals surface area contributed by atoms with Gasteiger partial charge in [-0.3, -0.25) is 9.89 Å². The molecular weight excluding hydrogens is 182 g/mol. The maximum atomic E-state index is 11.2. The van der Waals surface area contributed by atoms with E-state index in [0.29, 0.717) is 19.4 Å². The van der Waals surface area contributed by atoms with Crippen LogP contribution in [-0.2, 0) is 11.3 Å². The maximum Gasteiger partial charge on any atom is 0.220 e. The van der Waals surface area contributed by atoms with Gasteiger partial charge in [0.2, 0.25) is 5.91 Å². The zero-order valence-electron chi connectivity index (χ0n) is 8.16. The first-order valence-corrected chi connectivity index (χ1v) is 4.61. The molecule has 0 saturated heterocycles. The van der Waals surface area contributed by atoms with Crippen molar-refractivity contribution < 1.29 is 9.90 Å². The fourth-order valence-electron chi connectivity index (χ4n) is 1.01. The first-order valence-electron chi connectivity index (χ1n) is 4.61. The predicted octanol–water partition coefficient (Wildman–Crippen LogP) is 0.187. The van der Waals surface area contributed by atoms with E-state index in [1.807, 2.05) is 0 Å². The van der Waals surface area contributed by atoms with Crippen LogP contribution in [0.3, 0.4) is 0 Å². The fourth-order valence-corrected chi connectivity index (χ4v) is 1.01. The standard InChI is InChI=1S/C9H15N3O2/c1-7(13)2-3-9(14)10-6-8-4-5-11-12-8/h4-5,7,13H,2-3,6H2,1H3,(H,10,14)(H,11,12). The molecule has 1 amide bonds. The third-order valence-electron chi connectivity index (χ3n) is 1.82. The lowest BCUT2D eigenvalue weighted by Crippen LogP contribution is -2.23. The Labute approximate surface area is 82.5 Å². The number of nitrogens with one attached hydrogen (secondary N) is 2. The van der Waals surface area contributed by atoms with Gasteiger partial charge in [0.25, 0.3) is 0 Å². The number of nitrogens with zero attached hydrogens (tertiary/aromatic N) is 1. The monoisotopic (exact) mass is 197 g/mol. The third kappa shape index (κ3) is 4.04. The minimum absolute atomic E-state index is 0.0551. The van der Waals surface area contributed by atoms with E-state index in [4.69, 9.17) is 5.11 Å². The van der Waals surface area contributed by atoms with Gasteiger partial charge >= 0.3 is 0 Å². The molecule has 1 aromatic heterocycles. The fraction of sp³-hybridized carbons (Fsp3) is 0.556. The van der Waals surface area contributed by atoms with Gasteiger partial charge in [-0.1, -0.05) is 0 Å². The third-order valence-corrected chi connectivity index (χ3v) is 1.82. The molecule has 1 atom stereocenters. The van der Waals surface area contributed by atoms with Crippen LogP contribution in [0.1, 0.15) is 25.5 Å². The van der Waals surface area contributed by atoms with Crippen molar-refractivity contribution in [2.24, 2.45) is 0 Å². The van der Waals surface area contributed by atoms with Gasteiger partial charge < -0.3 is 10.4 Å². The summed E-state index contributed by atoms with van der Waals surface area (Å²) in [5.74, 6) is -0.0551. The summed E-state index contributed by atoms with van der Waals surface area (Å²) in [4.78, 5) is 11.2. The van der Waals surface area contributed by atoms with Crippen LogP contribution in [0.5, 0.6) is 0 Å². The van der Waals surface area contributed by atoms with E-state index in [-0.39, 0.29) is 5.91 Å². The van der Waals surface area contributed by atoms with Gasteiger partial charge in [0.15, 0.2) is 0 Å². The van der Waals surface area contributed by atoms with Crippen molar-refractivity contribution in [2.45, 2.75) is 32.4 Å². The van der Waals surface area contributed by atoms with Crippen LogP contribution < -0.4 is 5.32 Å². The highest BCUT2D eigenvalue weighted by Crippen LogP contribution is 1.96. The zero-order chi connectivity index (χ0) is 10.4. The Morgan fingerprint density at radius 2 is 2.57 bits per heavy atom. The van der Waals surface area contributed by atoms with Crippen molar-refractivity contribution in [3.63, 3.8) is 0 Å². The highest BCUT2D eigenvalue weighted by atomic mass is 16.3. The van der Waals surface area contributed by atoms with Crippen LogP contribution in [0.15, 0.2) is 12.3 Å². The van der Waals surface area contributed by atoms with Crippen molar-refractivity contribution in [2.75, 3.05) is 0 Å². The van der Waals surface area contributed by atoms with E-state index in [1.165, 1.54) is 0 Å². The Balaban J connectivity index is 2.15. The topological polar surface area (TPSA) is 78.0 Å². The SMILES string of the molecule is CC(O)CCC(=O)NCc1ccn[nH]1. The number of aliphatic hydroxyl groups is 1. The maximum absolute atomic E-state index is 11.2. The van der Waals surface area contributed by atoms with Gasteiger partial charge in [0, 0.05) is 12.6 Å². The molecule has 1 heterocycles. The van der Waals surface area contributed by atoms with E-state index >= 15 is 0 Å². The van der Waals surface area contributed by atoms with E-state index in [0.717, 1.165) is 5.69 Å². The van der Waals surface area contributed by atoms with Crippen molar-refractivity contribution >= 4 is 5.91 Å². The normalized spacial score (nSPS) is 12.4. The number of rotatable bonds is 5. The summed E-state index contributed by atoms with van der Waals surface area (Å²) in [6, 6.07) is 1.80. The first-order chi connectivity index (χ1) is 6.68. The minimum atomic E-state index is -0.423. The highest BCUT2D eigenvalue weighted by Gasteiger charge is 2.03. The van der Waals surface area contributed by atoms with E-state index in [9.17, 15) is 4.79 Å². The summed E-state index contributed by atoms with van der Waals surface area (Å²) < 4.78 is 0. The molecule has 0 radical (unpaired) electrons. The quantitative estimate of drug-likeness (QED) is 0.630. The number of hydrogen-bond acceptors (Lipinski definition) is 3. The number of aliphatic hydroxyl groups excluding tert-OH is 1. The van der Waals surface area contributed by atoms with Crippen molar-refractivity contribution in [1.29, 1.82) is 0 Å². The lowest BCUT2D eigenvalue weighted by Gasteiger charge is -2.04. The second-order valence-corrected chi connectivity index (χ2v) is 3.25. The summed E-state index contributed by atoms with van der Waals surface area (Å²) in [5.41, 5.74) is 0.871. The summed E-state index contributed by atoms with van der Waals surface area (Å²) in [5, 5.41) is 18.2. The average Bonchev–Trinajstić information content (AvgIpc) is 2.63. The molecule has 0 saturated carbocycles. The molecule has 0 spiro atoms. The largest absolute Gasteiger partial charge is 0.393 e. The molecule has 1 rings (SSSR count). The van der Waals surface area contributed by atoms with Crippen LogP contribution in [0.4, 0.5) is 0 Å². The smallest absolute Gasteiger partial charge is 0.220 e.